The Hall–Kier alpha value is -0.390. The van der Waals surface area contributed by atoms with Crippen LogP contribution in [0.3, 0.4) is 0 Å². The summed E-state index contributed by atoms with van der Waals surface area (Å²) in [7, 11) is 2.03. The van der Waals surface area contributed by atoms with Crippen molar-refractivity contribution in [1.82, 2.24) is 9.97 Å². The Morgan fingerprint density at radius 2 is 1.93 bits per heavy atom. The smallest absolute Gasteiger partial charge is 0.225 e. The van der Waals surface area contributed by atoms with Gasteiger partial charge < -0.3 is 4.90 Å². The summed E-state index contributed by atoms with van der Waals surface area (Å²) in [5.41, 5.74) is 0. The summed E-state index contributed by atoms with van der Waals surface area (Å²) in [5, 5.41) is 0. The van der Waals surface area contributed by atoms with Gasteiger partial charge in [-0.15, -0.1) is 0 Å². The third-order valence-electron chi connectivity index (χ3n) is 1.99. The van der Waals surface area contributed by atoms with Gasteiger partial charge in [-0.3, -0.25) is 0 Å². The van der Waals surface area contributed by atoms with E-state index in [9.17, 15) is 0 Å². The van der Waals surface area contributed by atoms with Gasteiger partial charge in [-0.2, -0.15) is 0 Å². The molecule has 0 aliphatic carbocycles. The van der Waals surface area contributed by atoms with Crippen LogP contribution >= 0.6 is 22.6 Å². The summed E-state index contributed by atoms with van der Waals surface area (Å²) in [4.78, 5) is 10.6. The lowest BCUT2D eigenvalue weighted by molar-refractivity contribution is 0.581. The summed E-state index contributed by atoms with van der Waals surface area (Å²) >= 11 is 2.21. The van der Waals surface area contributed by atoms with Gasteiger partial charge in [0.1, 0.15) is 0 Å². The number of hydrogen-bond donors (Lipinski definition) is 0. The van der Waals surface area contributed by atoms with Crippen molar-refractivity contribution in [1.29, 1.82) is 0 Å². The Morgan fingerprint density at radius 1 is 1.36 bits per heavy atom. The highest BCUT2D eigenvalue weighted by molar-refractivity contribution is 14.1. The molecule has 0 aliphatic rings. The van der Waals surface area contributed by atoms with E-state index in [0.29, 0.717) is 0 Å². The summed E-state index contributed by atoms with van der Waals surface area (Å²) in [6.45, 7) is 5.46. The molecule has 0 unspecified atom stereocenters. The maximum absolute atomic E-state index is 4.26. The van der Waals surface area contributed by atoms with E-state index in [1.165, 1.54) is 6.42 Å². The molecule has 0 N–H and O–H groups in total. The van der Waals surface area contributed by atoms with Crippen molar-refractivity contribution in [3.05, 3.63) is 16.0 Å². The van der Waals surface area contributed by atoms with E-state index < -0.39 is 0 Å². The number of rotatable bonds is 4. The first kappa shape index (κ1) is 11.7. The first-order valence-corrected chi connectivity index (χ1v) is 5.86. The molecular formula is C10H16IN3. The van der Waals surface area contributed by atoms with Crippen molar-refractivity contribution < 1.29 is 0 Å². The zero-order valence-electron chi connectivity index (χ0n) is 8.87. The average Bonchev–Trinajstić information content (AvgIpc) is 2.15. The highest BCUT2D eigenvalue weighted by atomic mass is 127. The van der Waals surface area contributed by atoms with E-state index in [1.807, 2.05) is 19.4 Å². The van der Waals surface area contributed by atoms with Crippen LogP contribution in [0.5, 0.6) is 0 Å². The van der Waals surface area contributed by atoms with Gasteiger partial charge in [0.25, 0.3) is 0 Å². The molecule has 0 saturated heterocycles. The second kappa shape index (κ2) is 5.48. The van der Waals surface area contributed by atoms with Crippen molar-refractivity contribution in [2.45, 2.75) is 20.3 Å². The monoisotopic (exact) mass is 305 g/mol. The number of hydrogen-bond acceptors (Lipinski definition) is 3. The highest BCUT2D eigenvalue weighted by Gasteiger charge is 2.04. The highest BCUT2D eigenvalue weighted by Crippen LogP contribution is 2.08. The minimum atomic E-state index is 0.723. The van der Waals surface area contributed by atoms with Gasteiger partial charge in [0.15, 0.2) is 0 Å². The molecule has 1 aromatic heterocycles. The fourth-order valence-corrected chi connectivity index (χ4v) is 1.33. The van der Waals surface area contributed by atoms with Crippen LogP contribution in [0.15, 0.2) is 12.4 Å². The van der Waals surface area contributed by atoms with Gasteiger partial charge in [0, 0.05) is 29.6 Å². The molecule has 1 rings (SSSR count). The molecule has 4 heteroatoms. The minimum Gasteiger partial charge on any atom is -0.344 e. The molecule has 0 aromatic carbocycles. The fraction of sp³-hybridized carbons (Fsp3) is 0.600. The van der Waals surface area contributed by atoms with Crippen LogP contribution in [0.2, 0.25) is 0 Å². The summed E-state index contributed by atoms with van der Waals surface area (Å²) in [6, 6.07) is 0. The third kappa shape index (κ3) is 3.77. The quantitative estimate of drug-likeness (QED) is 0.801. The average molecular weight is 305 g/mol. The van der Waals surface area contributed by atoms with Crippen LogP contribution in [0.25, 0.3) is 0 Å². The van der Waals surface area contributed by atoms with E-state index in [-0.39, 0.29) is 0 Å². The SMILES string of the molecule is CC(C)CCN(C)c1ncc(I)cn1. The lowest BCUT2D eigenvalue weighted by Gasteiger charge is -2.17. The van der Waals surface area contributed by atoms with E-state index in [0.717, 1.165) is 22.0 Å². The third-order valence-corrected chi connectivity index (χ3v) is 2.55. The van der Waals surface area contributed by atoms with Crippen LogP contribution in [0.1, 0.15) is 20.3 Å². The molecule has 0 amide bonds. The molecule has 78 valence electrons. The summed E-state index contributed by atoms with van der Waals surface area (Å²) in [5.74, 6) is 1.53. The van der Waals surface area contributed by atoms with E-state index in [4.69, 9.17) is 0 Å². The van der Waals surface area contributed by atoms with Crippen molar-refractivity contribution in [3.8, 4) is 0 Å². The molecule has 0 fully saturated rings. The van der Waals surface area contributed by atoms with Crippen LogP contribution in [0, 0.1) is 9.49 Å². The Morgan fingerprint density at radius 3 is 2.43 bits per heavy atom. The maximum Gasteiger partial charge on any atom is 0.225 e. The number of halogens is 1. The molecule has 0 radical (unpaired) electrons. The van der Waals surface area contributed by atoms with E-state index in [2.05, 4.69) is 51.3 Å². The number of aromatic nitrogens is 2. The van der Waals surface area contributed by atoms with Gasteiger partial charge >= 0.3 is 0 Å². The summed E-state index contributed by atoms with van der Waals surface area (Å²) in [6.07, 6.45) is 4.86. The van der Waals surface area contributed by atoms with Crippen LogP contribution in [-0.4, -0.2) is 23.6 Å². The second-order valence-electron chi connectivity index (χ2n) is 3.81. The largest absolute Gasteiger partial charge is 0.344 e. The molecule has 1 aromatic rings. The lowest BCUT2D eigenvalue weighted by atomic mass is 10.1. The molecule has 14 heavy (non-hydrogen) atoms. The van der Waals surface area contributed by atoms with Gasteiger partial charge in [-0.05, 0) is 34.9 Å². The molecule has 0 spiro atoms. The first-order valence-electron chi connectivity index (χ1n) is 4.78. The molecule has 3 nitrogen and oxygen atoms in total. The number of anilines is 1. The summed E-state index contributed by atoms with van der Waals surface area (Å²) < 4.78 is 1.07. The lowest BCUT2D eigenvalue weighted by Crippen LogP contribution is -2.22. The standard InChI is InChI=1S/C10H16IN3/c1-8(2)4-5-14(3)10-12-6-9(11)7-13-10/h6-8H,4-5H2,1-3H3. The Kier molecular flexibility index (Phi) is 4.57. The van der Waals surface area contributed by atoms with Crippen LogP contribution < -0.4 is 4.90 Å². The van der Waals surface area contributed by atoms with Crippen molar-refractivity contribution in [2.75, 3.05) is 18.5 Å². The van der Waals surface area contributed by atoms with Crippen LogP contribution in [0.4, 0.5) is 5.95 Å². The van der Waals surface area contributed by atoms with Crippen molar-refractivity contribution in [2.24, 2.45) is 5.92 Å². The normalized spacial score (nSPS) is 10.6. The fourth-order valence-electron chi connectivity index (χ4n) is 1.05. The van der Waals surface area contributed by atoms with Crippen molar-refractivity contribution in [3.63, 3.8) is 0 Å². The molecule has 0 saturated carbocycles. The minimum absolute atomic E-state index is 0.723. The van der Waals surface area contributed by atoms with Gasteiger partial charge in [-0.1, -0.05) is 13.8 Å². The molecular weight excluding hydrogens is 289 g/mol. The van der Waals surface area contributed by atoms with Gasteiger partial charge in [0.05, 0.1) is 0 Å². The van der Waals surface area contributed by atoms with Crippen LogP contribution in [-0.2, 0) is 0 Å². The zero-order valence-corrected chi connectivity index (χ0v) is 11.0. The van der Waals surface area contributed by atoms with Gasteiger partial charge in [0.2, 0.25) is 5.95 Å². The molecule has 0 atom stereocenters. The van der Waals surface area contributed by atoms with Crippen molar-refractivity contribution >= 4 is 28.5 Å². The predicted octanol–water partition coefficient (Wildman–Crippen LogP) is 2.56. The van der Waals surface area contributed by atoms with E-state index >= 15 is 0 Å². The first-order chi connectivity index (χ1) is 6.59. The predicted molar refractivity (Wildman–Crippen MR) is 67.5 cm³/mol. The van der Waals surface area contributed by atoms with E-state index in [1.54, 1.807) is 0 Å². The maximum atomic E-state index is 4.26. The molecule has 0 bridgehead atoms. The Balaban J connectivity index is 2.52. The van der Waals surface area contributed by atoms with Gasteiger partial charge in [-0.25, -0.2) is 9.97 Å². The molecule has 0 aliphatic heterocycles. The topological polar surface area (TPSA) is 29.0 Å². The number of nitrogens with zero attached hydrogens (tertiary/aromatic N) is 3. The Bertz CT molecular complexity index is 271. The Labute approximate surface area is 99.1 Å². The zero-order chi connectivity index (χ0) is 10.6. The second-order valence-corrected chi connectivity index (χ2v) is 5.05. The molecule has 1 heterocycles.